The first-order valence-corrected chi connectivity index (χ1v) is 4.83. The second kappa shape index (κ2) is 3.59. The number of fused-ring (bicyclic) bond motifs is 1. The lowest BCUT2D eigenvalue weighted by atomic mass is 10.1. The lowest BCUT2D eigenvalue weighted by molar-refractivity contribution is -0.0731. The molecule has 0 bridgehead atoms. The van der Waals surface area contributed by atoms with Gasteiger partial charge in [0, 0.05) is 20.0 Å². The highest BCUT2D eigenvalue weighted by Crippen LogP contribution is 2.29. The molecule has 0 aliphatic carbocycles. The van der Waals surface area contributed by atoms with Gasteiger partial charge in [0.15, 0.2) is 0 Å². The number of benzene rings is 1. The predicted molar refractivity (Wildman–Crippen MR) is 53.5 cm³/mol. The Morgan fingerprint density at radius 1 is 1.57 bits per heavy atom. The summed E-state index contributed by atoms with van der Waals surface area (Å²) < 4.78 is 5.59. The standard InChI is InChI=1S/C11H15NO2/c1-8-5-10-6-9(7-12(2)13)3-4-11(10)14-8/h3-4,6,8,13H,5,7H2,1-2H3. The van der Waals surface area contributed by atoms with Crippen LogP contribution in [-0.2, 0) is 13.0 Å². The Hall–Kier alpha value is -1.06. The van der Waals surface area contributed by atoms with Crippen molar-refractivity contribution in [2.75, 3.05) is 7.05 Å². The molecule has 0 saturated carbocycles. The van der Waals surface area contributed by atoms with Gasteiger partial charge in [-0.05, 0) is 24.1 Å². The number of hydroxylamine groups is 2. The summed E-state index contributed by atoms with van der Waals surface area (Å²) in [5.41, 5.74) is 2.36. The summed E-state index contributed by atoms with van der Waals surface area (Å²) >= 11 is 0. The Balaban J connectivity index is 2.20. The maximum Gasteiger partial charge on any atom is 0.123 e. The maximum absolute atomic E-state index is 9.11. The lowest BCUT2D eigenvalue weighted by Crippen LogP contribution is -2.11. The minimum Gasteiger partial charge on any atom is -0.490 e. The number of nitrogens with zero attached hydrogens (tertiary/aromatic N) is 1. The van der Waals surface area contributed by atoms with Crippen LogP contribution in [0.2, 0.25) is 0 Å². The van der Waals surface area contributed by atoms with Gasteiger partial charge in [0.05, 0.1) is 0 Å². The summed E-state index contributed by atoms with van der Waals surface area (Å²) in [5, 5.41) is 10.3. The van der Waals surface area contributed by atoms with E-state index in [4.69, 9.17) is 9.94 Å². The summed E-state index contributed by atoms with van der Waals surface area (Å²) in [6.45, 7) is 2.62. The highest BCUT2D eigenvalue weighted by Gasteiger charge is 2.18. The maximum atomic E-state index is 9.11. The van der Waals surface area contributed by atoms with Crippen LogP contribution in [-0.4, -0.2) is 23.4 Å². The minimum atomic E-state index is 0.284. The second-order valence-electron chi connectivity index (χ2n) is 3.89. The van der Waals surface area contributed by atoms with E-state index in [1.165, 1.54) is 10.6 Å². The summed E-state index contributed by atoms with van der Waals surface area (Å²) in [6.07, 6.45) is 1.25. The monoisotopic (exact) mass is 193 g/mol. The molecule has 1 aromatic carbocycles. The van der Waals surface area contributed by atoms with Gasteiger partial charge in [-0.25, -0.2) is 0 Å². The van der Waals surface area contributed by atoms with Crippen LogP contribution in [0.4, 0.5) is 0 Å². The van der Waals surface area contributed by atoms with E-state index >= 15 is 0 Å². The molecule has 1 N–H and O–H groups in total. The largest absolute Gasteiger partial charge is 0.490 e. The van der Waals surface area contributed by atoms with Crippen molar-refractivity contribution in [3.8, 4) is 5.75 Å². The second-order valence-corrected chi connectivity index (χ2v) is 3.89. The molecule has 1 atom stereocenters. The van der Waals surface area contributed by atoms with Crippen LogP contribution in [0.15, 0.2) is 18.2 Å². The minimum absolute atomic E-state index is 0.284. The number of ether oxygens (including phenoxy) is 1. The fourth-order valence-electron chi connectivity index (χ4n) is 1.84. The van der Waals surface area contributed by atoms with Gasteiger partial charge in [0.1, 0.15) is 11.9 Å². The molecule has 14 heavy (non-hydrogen) atoms. The molecule has 3 heteroatoms. The highest BCUT2D eigenvalue weighted by molar-refractivity contribution is 5.40. The quantitative estimate of drug-likeness (QED) is 0.727. The van der Waals surface area contributed by atoms with Gasteiger partial charge in [-0.1, -0.05) is 12.1 Å². The first-order valence-electron chi connectivity index (χ1n) is 4.83. The molecule has 3 nitrogen and oxygen atoms in total. The average molecular weight is 193 g/mol. The van der Waals surface area contributed by atoms with Crippen molar-refractivity contribution in [2.45, 2.75) is 26.0 Å². The van der Waals surface area contributed by atoms with Crippen LogP contribution in [0.1, 0.15) is 18.1 Å². The third kappa shape index (κ3) is 1.89. The zero-order valence-corrected chi connectivity index (χ0v) is 8.53. The molecule has 1 aromatic rings. The summed E-state index contributed by atoms with van der Waals surface area (Å²) in [6, 6.07) is 6.08. The van der Waals surface area contributed by atoms with Gasteiger partial charge in [0.25, 0.3) is 0 Å². The highest BCUT2D eigenvalue weighted by atomic mass is 16.5. The molecule has 0 saturated heterocycles. The molecule has 1 aliphatic heterocycles. The van der Waals surface area contributed by atoms with Crippen molar-refractivity contribution >= 4 is 0 Å². The molecule has 76 valence electrons. The van der Waals surface area contributed by atoms with Gasteiger partial charge in [-0.2, -0.15) is 5.06 Å². The van der Waals surface area contributed by atoms with Crippen LogP contribution in [0.5, 0.6) is 5.75 Å². The molecular formula is C11H15NO2. The fraction of sp³-hybridized carbons (Fsp3) is 0.455. The molecule has 1 aliphatic rings. The van der Waals surface area contributed by atoms with Crippen LogP contribution in [0.25, 0.3) is 0 Å². The molecule has 0 spiro atoms. The molecule has 1 unspecified atom stereocenters. The van der Waals surface area contributed by atoms with Crippen LogP contribution >= 0.6 is 0 Å². The van der Waals surface area contributed by atoms with Crippen molar-refractivity contribution in [3.05, 3.63) is 29.3 Å². The van der Waals surface area contributed by atoms with Gasteiger partial charge >= 0.3 is 0 Å². The number of hydrogen-bond donors (Lipinski definition) is 1. The van der Waals surface area contributed by atoms with Crippen molar-refractivity contribution in [1.29, 1.82) is 0 Å². The lowest BCUT2D eigenvalue weighted by Gasteiger charge is -2.08. The molecule has 0 aromatic heterocycles. The molecule has 1 heterocycles. The zero-order chi connectivity index (χ0) is 10.1. The average Bonchev–Trinajstić information content (AvgIpc) is 2.42. The predicted octanol–water partition coefficient (Wildman–Crippen LogP) is 1.83. The summed E-state index contributed by atoms with van der Waals surface area (Å²) in [7, 11) is 1.65. The van der Waals surface area contributed by atoms with E-state index in [-0.39, 0.29) is 6.10 Å². The van der Waals surface area contributed by atoms with E-state index in [0.717, 1.165) is 17.7 Å². The topological polar surface area (TPSA) is 32.7 Å². The van der Waals surface area contributed by atoms with Crippen LogP contribution in [0, 0.1) is 0 Å². The van der Waals surface area contributed by atoms with E-state index in [0.29, 0.717) is 6.54 Å². The van der Waals surface area contributed by atoms with Gasteiger partial charge in [0.2, 0.25) is 0 Å². The molecule has 2 rings (SSSR count). The molecule has 0 amide bonds. The Kier molecular flexibility index (Phi) is 2.44. The van der Waals surface area contributed by atoms with Crippen molar-refractivity contribution < 1.29 is 9.94 Å². The van der Waals surface area contributed by atoms with E-state index in [1.807, 2.05) is 12.1 Å². The Bertz CT molecular complexity index is 336. The number of hydrogen-bond acceptors (Lipinski definition) is 3. The smallest absolute Gasteiger partial charge is 0.123 e. The van der Waals surface area contributed by atoms with Crippen molar-refractivity contribution in [1.82, 2.24) is 5.06 Å². The molecule has 0 fully saturated rings. The van der Waals surface area contributed by atoms with Crippen LogP contribution in [0.3, 0.4) is 0 Å². The Morgan fingerprint density at radius 2 is 2.36 bits per heavy atom. The molecule has 0 radical (unpaired) electrons. The molecular weight excluding hydrogens is 178 g/mol. The van der Waals surface area contributed by atoms with E-state index in [9.17, 15) is 0 Å². The normalized spacial score (nSPS) is 19.6. The Labute approximate surface area is 83.9 Å². The third-order valence-electron chi connectivity index (χ3n) is 2.37. The first-order chi connectivity index (χ1) is 6.65. The van der Waals surface area contributed by atoms with Crippen molar-refractivity contribution in [3.63, 3.8) is 0 Å². The third-order valence-corrected chi connectivity index (χ3v) is 2.37. The fourth-order valence-corrected chi connectivity index (χ4v) is 1.84. The summed E-state index contributed by atoms with van der Waals surface area (Å²) in [5.74, 6) is 0.988. The van der Waals surface area contributed by atoms with Crippen molar-refractivity contribution in [2.24, 2.45) is 0 Å². The van der Waals surface area contributed by atoms with Gasteiger partial charge in [-0.3, -0.25) is 0 Å². The number of rotatable bonds is 2. The van der Waals surface area contributed by atoms with E-state index < -0.39 is 0 Å². The zero-order valence-electron chi connectivity index (χ0n) is 8.53. The van der Waals surface area contributed by atoms with E-state index in [2.05, 4.69) is 13.0 Å². The van der Waals surface area contributed by atoms with E-state index in [1.54, 1.807) is 7.05 Å². The summed E-state index contributed by atoms with van der Waals surface area (Å²) in [4.78, 5) is 0. The van der Waals surface area contributed by atoms with Crippen LogP contribution < -0.4 is 4.74 Å². The van der Waals surface area contributed by atoms with Gasteiger partial charge in [-0.15, -0.1) is 0 Å². The first kappa shape index (κ1) is 9.49. The SMILES string of the molecule is CC1Cc2cc(CN(C)O)ccc2O1. The van der Waals surface area contributed by atoms with Gasteiger partial charge < -0.3 is 9.94 Å². The Morgan fingerprint density at radius 3 is 3.07 bits per heavy atom.